The molecule has 0 aliphatic heterocycles. The van der Waals surface area contributed by atoms with Gasteiger partial charge in [0.1, 0.15) is 12.9 Å². The summed E-state index contributed by atoms with van der Waals surface area (Å²) in [5.41, 5.74) is 1.27. The average Bonchev–Trinajstić information content (AvgIpc) is 2.33. The predicted molar refractivity (Wildman–Crippen MR) is 65.0 cm³/mol. The van der Waals surface area contributed by atoms with E-state index >= 15 is 0 Å². The lowest BCUT2D eigenvalue weighted by Crippen LogP contribution is -2.40. The highest BCUT2D eigenvalue weighted by Crippen LogP contribution is 2.33. The fourth-order valence-electron chi connectivity index (χ4n) is 1.55. The number of halogens is 3. The van der Waals surface area contributed by atoms with Crippen molar-refractivity contribution in [2.24, 2.45) is 5.84 Å². The Hall–Kier alpha value is -2.17. The van der Waals surface area contributed by atoms with Crippen LogP contribution in [0.4, 0.5) is 30.5 Å². The fourth-order valence-corrected chi connectivity index (χ4v) is 1.55. The molecular formula is C9H13F3N6O2. The molecule has 20 heavy (non-hydrogen) atoms. The summed E-state index contributed by atoms with van der Waals surface area (Å²) in [6.45, 7) is 1.56. The van der Waals surface area contributed by atoms with Crippen molar-refractivity contribution in [2.75, 3.05) is 16.9 Å². The van der Waals surface area contributed by atoms with E-state index in [4.69, 9.17) is 5.84 Å². The van der Waals surface area contributed by atoms with E-state index in [1.165, 1.54) is 13.8 Å². The summed E-state index contributed by atoms with van der Waals surface area (Å²) < 4.78 is 37.7. The molecule has 0 fully saturated rings. The Morgan fingerprint density at radius 1 is 1.50 bits per heavy atom. The first-order chi connectivity index (χ1) is 9.17. The summed E-state index contributed by atoms with van der Waals surface area (Å²) >= 11 is 0. The van der Waals surface area contributed by atoms with Gasteiger partial charge in [0.15, 0.2) is 0 Å². The van der Waals surface area contributed by atoms with Gasteiger partial charge >= 0.3 is 11.9 Å². The first-order valence-electron chi connectivity index (χ1n) is 5.46. The van der Waals surface area contributed by atoms with Crippen LogP contribution in [-0.2, 0) is 0 Å². The number of nitrogens with zero attached hydrogens (tertiary/aromatic N) is 4. The Morgan fingerprint density at radius 3 is 2.50 bits per heavy atom. The second-order valence-electron chi connectivity index (χ2n) is 4.13. The summed E-state index contributed by atoms with van der Waals surface area (Å²) in [6.07, 6.45) is -3.62. The standard InChI is InChI=1S/C9H13F3N6O2/c1-5(2)17(3-9(10,11)12)8-6(18(19)20)7(16-13)14-4-15-8/h4-5H,3,13H2,1-2H3,(H,14,15,16). The highest BCUT2D eigenvalue weighted by molar-refractivity contribution is 5.70. The zero-order valence-electron chi connectivity index (χ0n) is 10.7. The molecule has 0 saturated heterocycles. The number of aromatic nitrogens is 2. The number of nitrogens with one attached hydrogen (secondary N) is 1. The second-order valence-corrected chi connectivity index (χ2v) is 4.13. The highest BCUT2D eigenvalue weighted by Gasteiger charge is 2.36. The number of alkyl halides is 3. The van der Waals surface area contributed by atoms with Crippen molar-refractivity contribution in [3.05, 3.63) is 16.4 Å². The summed E-state index contributed by atoms with van der Waals surface area (Å²) in [7, 11) is 0. The lowest BCUT2D eigenvalue weighted by atomic mass is 10.3. The van der Waals surface area contributed by atoms with Crippen molar-refractivity contribution >= 4 is 17.3 Å². The molecule has 3 N–H and O–H groups in total. The second kappa shape index (κ2) is 5.86. The van der Waals surface area contributed by atoms with Crippen LogP contribution in [0.3, 0.4) is 0 Å². The number of nitro groups is 1. The molecule has 0 radical (unpaired) electrons. The first-order valence-corrected chi connectivity index (χ1v) is 5.46. The maximum atomic E-state index is 12.6. The number of nitrogen functional groups attached to an aromatic ring is 1. The minimum absolute atomic E-state index is 0.354. The van der Waals surface area contributed by atoms with E-state index in [1.54, 1.807) is 0 Å². The molecule has 1 aromatic rings. The summed E-state index contributed by atoms with van der Waals surface area (Å²) in [5.74, 6) is 4.28. The molecule has 1 aromatic heterocycles. The van der Waals surface area contributed by atoms with Crippen LogP contribution in [0, 0.1) is 10.1 Å². The lowest BCUT2D eigenvalue weighted by Gasteiger charge is -2.28. The molecule has 0 saturated carbocycles. The Bertz CT molecular complexity index is 493. The van der Waals surface area contributed by atoms with E-state index in [0.29, 0.717) is 0 Å². The molecule has 0 amide bonds. The molecule has 0 unspecified atom stereocenters. The third-order valence-corrected chi connectivity index (χ3v) is 2.37. The van der Waals surface area contributed by atoms with Gasteiger partial charge in [0.25, 0.3) is 0 Å². The molecule has 112 valence electrons. The predicted octanol–water partition coefficient (Wildman–Crippen LogP) is 1.45. The van der Waals surface area contributed by atoms with Crippen molar-refractivity contribution in [3.8, 4) is 0 Å². The van der Waals surface area contributed by atoms with E-state index < -0.39 is 35.2 Å². The smallest absolute Gasteiger partial charge is 0.339 e. The Labute approximate surface area is 111 Å². The highest BCUT2D eigenvalue weighted by atomic mass is 19.4. The number of anilines is 2. The largest absolute Gasteiger partial charge is 0.405 e. The van der Waals surface area contributed by atoms with Crippen LogP contribution in [0.5, 0.6) is 0 Å². The van der Waals surface area contributed by atoms with Crippen LogP contribution in [-0.4, -0.2) is 33.7 Å². The van der Waals surface area contributed by atoms with Gasteiger partial charge in [-0.1, -0.05) is 0 Å². The molecule has 0 aromatic carbocycles. The number of hydrazine groups is 1. The van der Waals surface area contributed by atoms with Crippen molar-refractivity contribution in [1.29, 1.82) is 0 Å². The Morgan fingerprint density at radius 2 is 2.10 bits per heavy atom. The monoisotopic (exact) mass is 294 g/mol. The molecule has 0 atom stereocenters. The molecule has 1 rings (SSSR count). The van der Waals surface area contributed by atoms with Gasteiger partial charge in [0, 0.05) is 6.04 Å². The van der Waals surface area contributed by atoms with Crippen LogP contribution in [0.1, 0.15) is 13.8 Å². The van der Waals surface area contributed by atoms with Crippen molar-refractivity contribution < 1.29 is 18.1 Å². The SMILES string of the molecule is CC(C)N(CC(F)(F)F)c1ncnc(NN)c1[N+](=O)[O-]. The Balaban J connectivity index is 3.37. The minimum Gasteiger partial charge on any atom is -0.339 e. The van der Waals surface area contributed by atoms with Gasteiger partial charge in [-0.3, -0.25) is 10.1 Å². The minimum atomic E-state index is -4.53. The lowest BCUT2D eigenvalue weighted by molar-refractivity contribution is -0.383. The van der Waals surface area contributed by atoms with Gasteiger partial charge in [-0.05, 0) is 13.8 Å². The van der Waals surface area contributed by atoms with Gasteiger partial charge in [0.2, 0.25) is 11.6 Å². The number of hydrogen-bond donors (Lipinski definition) is 2. The van der Waals surface area contributed by atoms with E-state index in [0.717, 1.165) is 11.2 Å². The summed E-state index contributed by atoms with van der Waals surface area (Å²) in [5, 5.41) is 11.0. The van der Waals surface area contributed by atoms with Crippen LogP contribution in [0.25, 0.3) is 0 Å². The molecule has 0 bridgehead atoms. The van der Waals surface area contributed by atoms with Gasteiger partial charge in [0.05, 0.1) is 4.92 Å². The Kier molecular flexibility index (Phi) is 4.65. The number of rotatable bonds is 5. The third kappa shape index (κ3) is 3.66. The molecule has 8 nitrogen and oxygen atoms in total. The van der Waals surface area contributed by atoms with Gasteiger partial charge in [-0.25, -0.2) is 15.8 Å². The van der Waals surface area contributed by atoms with E-state index in [9.17, 15) is 23.3 Å². The van der Waals surface area contributed by atoms with E-state index in [1.807, 2.05) is 5.43 Å². The van der Waals surface area contributed by atoms with Crippen LogP contribution in [0.15, 0.2) is 6.33 Å². The maximum absolute atomic E-state index is 12.6. The summed E-state index contributed by atoms with van der Waals surface area (Å²) in [6, 6.07) is -0.657. The van der Waals surface area contributed by atoms with E-state index in [2.05, 4.69) is 9.97 Å². The molecule has 0 spiro atoms. The quantitative estimate of drug-likeness (QED) is 0.480. The van der Waals surface area contributed by atoms with Crippen LogP contribution >= 0.6 is 0 Å². The average molecular weight is 294 g/mol. The fraction of sp³-hybridized carbons (Fsp3) is 0.556. The molecule has 0 aliphatic carbocycles. The summed E-state index contributed by atoms with van der Waals surface area (Å²) in [4.78, 5) is 18.0. The first kappa shape index (κ1) is 15.9. The molecule has 0 aliphatic rings. The number of hydrogen-bond acceptors (Lipinski definition) is 7. The van der Waals surface area contributed by atoms with Crippen molar-refractivity contribution in [3.63, 3.8) is 0 Å². The maximum Gasteiger partial charge on any atom is 0.405 e. The number of nitrogens with two attached hydrogens (primary N) is 1. The van der Waals surface area contributed by atoms with E-state index in [-0.39, 0.29) is 5.82 Å². The topological polar surface area (TPSA) is 110 Å². The van der Waals surface area contributed by atoms with Crippen LogP contribution in [0.2, 0.25) is 0 Å². The van der Waals surface area contributed by atoms with Crippen molar-refractivity contribution in [2.45, 2.75) is 26.1 Å². The molecule has 11 heteroatoms. The molecular weight excluding hydrogens is 281 g/mol. The van der Waals surface area contributed by atoms with Gasteiger partial charge in [-0.15, -0.1) is 0 Å². The normalized spacial score (nSPS) is 11.6. The van der Waals surface area contributed by atoms with Gasteiger partial charge in [-0.2, -0.15) is 13.2 Å². The van der Waals surface area contributed by atoms with Gasteiger partial charge < -0.3 is 10.3 Å². The van der Waals surface area contributed by atoms with Crippen LogP contribution < -0.4 is 16.2 Å². The zero-order chi connectivity index (χ0) is 15.5. The third-order valence-electron chi connectivity index (χ3n) is 2.37. The van der Waals surface area contributed by atoms with Crippen molar-refractivity contribution in [1.82, 2.24) is 9.97 Å². The zero-order valence-corrected chi connectivity index (χ0v) is 10.7. The molecule has 1 heterocycles.